The molecule has 9 nitrogen and oxygen atoms in total. The summed E-state index contributed by atoms with van der Waals surface area (Å²) in [6.45, 7) is 4.06. The van der Waals surface area contributed by atoms with Crippen molar-refractivity contribution in [2.24, 2.45) is 5.92 Å². The summed E-state index contributed by atoms with van der Waals surface area (Å²) in [6.07, 6.45) is -1.74. The van der Waals surface area contributed by atoms with E-state index in [1.165, 1.54) is 24.3 Å². The predicted molar refractivity (Wildman–Crippen MR) is 134 cm³/mol. The maximum absolute atomic E-state index is 12.7. The fraction of sp³-hybridized carbons (Fsp3) is 0.259. The molecule has 3 aromatic carbocycles. The van der Waals surface area contributed by atoms with E-state index in [0.29, 0.717) is 6.42 Å². The third-order valence-electron chi connectivity index (χ3n) is 5.89. The van der Waals surface area contributed by atoms with Gasteiger partial charge in [-0.1, -0.05) is 62.4 Å². The molecule has 0 bridgehead atoms. The van der Waals surface area contributed by atoms with E-state index >= 15 is 0 Å². The first kappa shape index (κ1) is 24.7. The second-order valence-corrected chi connectivity index (χ2v) is 8.94. The summed E-state index contributed by atoms with van der Waals surface area (Å²) in [5.41, 5.74) is 4.37. The highest BCUT2D eigenvalue weighted by Gasteiger charge is 2.29. The van der Waals surface area contributed by atoms with Crippen molar-refractivity contribution in [2.75, 3.05) is 6.61 Å². The van der Waals surface area contributed by atoms with Gasteiger partial charge in [0.15, 0.2) is 0 Å². The van der Waals surface area contributed by atoms with Gasteiger partial charge in [-0.25, -0.2) is 9.59 Å². The molecule has 36 heavy (non-hydrogen) atoms. The van der Waals surface area contributed by atoms with Gasteiger partial charge >= 0.3 is 12.2 Å². The van der Waals surface area contributed by atoms with Crippen LogP contribution in [0.5, 0.6) is 5.75 Å². The van der Waals surface area contributed by atoms with Gasteiger partial charge in [-0.15, -0.1) is 0 Å². The van der Waals surface area contributed by atoms with E-state index in [0.717, 1.165) is 22.3 Å². The summed E-state index contributed by atoms with van der Waals surface area (Å²) in [5.74, 6) is 0.220. The van der Waals surface area contributed by atoms with Crippen LogP contribution < -0.4 is 15.4 Å². The van der Waals surface area contributed by atoms with E-state index in [9.17, 15) is 19.7 Å². The zero-order valence-corrected chi connectivity index (χ0v) is 20.0. The van der Waals surface area contributed by atoms with Crippen molar-refractivity contribution in [1.29, 1.82) is 0 Å². The monoisotopic (exact) mass is 489 g/mol. The fourth-order valence-electron chi connectivity index (χ4n) is 4.32. The van der Waals surface area contributed by atoms with Crippen molar-refractivity contribution in [3.8, 4) is 16.9 Å². The van der Waals surface area contributed by atoms with Crippen molar-refractivity contribution in [3.63, 3.8) is 0 Å². The van der Waals surface area contributed by atoms with Gasteiger partial charge in [0.2, 0.25) is 0 Å². The van der Waals surface area contributed by atoms with Gasteiger partial charge in [-0.3, -0.25) is 10.1 Å². The molecule has 3 aromatic rings. The molecule has 0 unspecified atom stereocenters. The molecule has 4 rings (SSSR count). The lowest BCUT2D eigenvalue weighted by molar-refractivity contribution is -0.384. The van der Waals surface area contributed by atoms with E-state index < -0.39 is 23.3 Å². The molecule has 9 heteroatoms. The van der Waals surface area contributed by atoms with Gasteiger partial charge in [-0.2, -0.15) is 0 Å². The number of nitrogens with zero attached hydrogens (tertiary/aromatic N) is 1. The highest BCUT2D eigenvalue weighted by Crippen LogP contribution is 2.44. The molecule has 186 valence electrons. The molecule has 0 aliphatic heterocycles. The molecule has 1 atom stereocenters. The minimum absolute atomic E-state index is 0.0771. The highest BCUT2D eigenvalue weighted by molar-refractivity contribution is 5.79. The molecule has 0 saturated carbocycles. The van der Waals surface area contributed by atoms with Gasteiger partial charge < -0.3 is 20.1 Å². The zero-order chi connectivity index (χ0) is 25.7. The molecule has 0 saturated heterocycles. The molecule has 0 spiro atoms. The largest absolute Gasteiger partial charge is 0.449 e. The molecule has 0 radical (unpaired) electrons. The average Bonchev–Trinajstić information content (AvgIpc) is 3.16. The van der Waals surface area contributed by atoms with Gasteiger partial charge in [0.1, 0.15) is 18.5 Å². The number of alkyl carbamates (subject to hydrolysis) is 1. The van der Waals surface area contributed by atoms with Crippen molar-refractivity contribution in [3.05, 3.63) is 94.0 Å². The second kappa shape index (κ2) is 10.9. The van der Waals surface area contributed by atoms with Crippen LogP contribution in [0.2, 0.25) is 0 Å². The van der Waals surface area contributed by atoms with Crippen molar-refractivity contribution < 1.29 is 24.0 Å². The number of ether oxygens (including phenoxy) is 2. The molecule has 0 heterocycles. The van der Waals surface area contributed by atoms with Crippen LogP contribution in [0.4, 0.5) is 15.3 Å². The number of nitro benzene ring substituents is 1. The maximum Gasteiger partial charge on any atom is 0.414 e. The third-order valence-corrected chi connectivity index (χ3v) is 5.89. The van der Waals surface area contributed by atoms with Crippen LogP contribution in [0.15, 0.2) is 72.8 Å². The molecule has 0 fully saturated rings. The topological polar surface area (TPSA) is 120 Å². The summed E-state index contributed by atoms with van der Waals surface area (Å²) in [7, 11) is 0. The number of hydrogen-bond acceptors (Lipinski definition) is 6. The zero-order valence-electron chi connectivity index (χ0n) is 20.0. The number of rotatable bonds is 8. The maximum atomic E-state index is 12.7. The molecule has 2 amide bonds. The minimum atomic E-state index is -0.798. The lowest BCUT2D eigenvalue weighted by Gasteiger charge is -2.22. The number of hydrogen-bond donors (Lipinski definition) is 2. The summed E-state index contributed by atoms with van der Waals surface area (Å²) in [5, 5.41) is 16.1. The Bertz CT molecular complexity index is 1210. The van der Waals surface area contributed by atoms with Crippen molar-refractivity contribution in [1.82, 2.24) is 10.6 Å². The third kappa shape index (κ3) is 5.80. The number of non-ortho nitro benzene ring substituents is 1. The first-order valence-electron chi connectivity index (χ1n) is 11.7. The van der Waals surface area contributed by atoms with Crippen LogP contribution in [-0.2, 0) is 4.74 Å². The Morgan fingerprint density at radius 2 is 1.44 bits per heavy atom. The SMILES string of the molecule is CC(C)C[C@@H](NC(=O)OCC1c2ccccc2-c2ccccc21)NC(=O)Oc1ccc([N+](=O)[O-])cc1. The van der Waals surface area contributed by atoms with Crippen LogP contribution in [0.1, 0.15) is 37.3 Å². The van der Waals surface area contributed by atoms with Crippen molar-refractivity contribution in [2.45, 2.75) is 32.4 Å². The highest BCUT2D eigenvalue weighted by atomic mass is 16.6. The Kier molecular flexibility index (Phi) is 7.48. The Morgan fingerprint density at radius 3 is 2.00 bits per heavy atom. The van der Waals surface area contributed by atoms with E-state index in [4.69, 9.17) is 9.47 Å². The average molecular weight is 490 g/mol. The summed E-state index contributed by atoms with van der Waals surface area (Å²) >= 11 is 0. The predicted octanol–water partition coefficient (Wildman–Crippen LogP) is 5.59. The molecular formula is C27H27N3O6. The van der Waals surface area contributed by atoms with Crippen LogP contribution in [-0.4, -0.2) is 29.9 Å². The van der Waals surface area contributed by atoms with Crippen LogP contribution in [0.25, 0.3) is 11.1 Å². The molecule has 0 aromatic heterocycles. The van der Waals surface area contributed by atoms with Crippen LogP contribution in [0.3, 0.4) is 0 Å². The van der Waals surface area contributed by atoms with Gasteiger partial charge in [0, 0.05) is 18.1 Å². The quantitative estimate of drug-likeness (QED) is 0.242. The van der Waals surface area contributed by atoms with Crippen LogP contribution in [0, 0.1) is 16.0 Å². The van der Waals surface area contributed by atoms with E-state index in [2.05, 4.69) is 22.8 Å². The Labute approximate surface area is 208 Å². The Balaban J connectivity index is 1.36. The van der Waals surface area contributed by atoms with Gasteiger partial charge in [0.05, 0.1) is 4.92 Å². The smallest absolute Gasteiger partial charge is 0.414 e. The lowest BCUT2D eigenvalue weighted by Crippen LogP contribution is -2.49. The summed E-state index contributed by atoms with van der Waals surface area (Å²) < 4.78 is 10.8. The minimum Gasteiger partial charge on any atom is -0.449 e. The molecule has 1 aliphatic rings. The number of carbonyl (C=O) groups is 2. The van der Waals surface area contributed by atoms with Crippen molar-refractivity contribution >= 4 is 17.9 Å². The number of benzene rings is 3. The first-order valence-corrected chi connectivity index (χ1v) is 11.7. The first-order chi connectivity index (χ1) is 17.3. The fourth-order valence-corrected chi connectivity index (χ4v) is 4.32. The number of nitro groups is 1. The molecule has 1 aliphatic carbocycles. The normalized spacial score (nSPS) is 12.9. The number of carbonyl (C=O) groups excluding carboxylic acids is 2. The Morgan fingerprint density at radius 1 is 0.889 bits per heavy atom. The summed E-state index contributed by atoms with van der Waals surface area (Å²) in [6, 6.07) is 21.3. The lowest BCUT2D eigenvalue weighted by atomic mass is 9.98. The number of fused-ring (bicyclic) bond motifs is 3. The molecule has 2 N–H and O–H groups in total. The Hall–Kier alpha value is -4.40. The number of amides is 2. The summed E-state index contributed by atoms with van der Waals surface area (Å²) in [4.78, 5) is 35.3. The molecular weight excluding hydrogens is 462 g/mol. The van der Waals surface area contributed by atoms with E-state index in [-0.39, 0.29) is 29.9 Å². The van der Waals surface area contributed by atoms with Crippen LogP contribution >= 0.6 is 0 Å². The van der Waals surface area contributed by atoms with E-state index in [1.807, 2.05) is 50.2 Å². The standard InChI is InChI=1S/C27H27N3O6/c1-17(2)15-25(29-27(32)36-19-13-11-18(12-14-19)30(33)34)28-26(31)35-16-24-22-9-5-3-7-20(22)21-8-4-6-10-23(21)24/h3-14,17,24-25H,15-16H2,1-2H3,(H,28,31)(H,29,32)/t25-/m0/s1. The van der Waals surface area contributed by atoms with Gasteiger partial charge in [0.25, 0.3) is 5.69 Å². The second-order valence-electron chi connectivity index (χ2n) is 8.94. The van der Waals surface area contributed by atoms with Gasteiger partial charge in [-0.05, 0) is 46.7 Å². The number of nitrogens with one attached hydrogen (secondary N) is 2. The van der Waals surface area contributed by atoms with E-state index in [1.54, 1.807) is 0 Å².